The second-order valence-electron chi connectivity index (χ2n) is 5.34. The number of aryl methyl sites for hydroxylation is 2. The van der Waals surface area contributed by atoms with E-state index in [1.165, 1.54) is 11.1 Å². The van der Waals surface area contributed by atoms with Crippen LogP contribution >= 0.6 is 0 Å². The zero-order chi connectivity index (χ0) is 15.2. The van der Waals surface area contributed by atoms with Crippen molar-refractivity contribution >= 4 is 5.69 Å². The van der Waals surface area contributed by atoms with Gasteiger partial charge in [0.1, 0.15) is 6.10 Å². The molecular weight excluding hydrogens is 262 g/mol. The fraction of sp³-hybridized carbons (Fsp3) is 0.333. The molecule has 0 aliphatic carbocycles. The zero-order valence-corrected chi connectivity index (χ0v) is 13.1. The summed E-state index contributed by atoms with van der Waals surface area (Å²) in [6, 6.07) is 14.2. The second-order valence-corrected chi connectivity index (χ2v) is 5.34. The summed E-state index contributed by atoms with van der Waals surface area (Å²) in [5.74, 6) is 1.53. The molecule has 0 saturated carbocycles. The predicted molar refractivity (Wildman–Crippen MR) is 87.5 cm³/mol. The molecule has 2 aromatic carbocycles. The number of nitrogens with one attached hydrogen (secondary N) is 1. The van der Waals surface area contributed by atoms with Crippen molar-refractivity contribution in [3.8, 4) is 11.5 Å². The average Bonchev–Trinajstić information content (AvgIpc) is 2.45. The van der Waals surface area contributed by atoms with Crippen LogP contribution in [0.15, 0.2) is 42.5 Å². The quantitative estimate of drug-likeness (QED) is 0.863. The Labute approximate surface area is 126 Å². The number of hydrogen-bond donors (Lipinski definition) is 1. The van der Waals surface area contributed by atoms with Crippen molar-refractivity contribution in [2.45, 2.75) is 26.9 Å². The fourth-order valence-corrected chi connectivity index (χ4v) is 2.31. The van der Waals surface area contributed by atoms with E-state index in [1.807, 2.05) is 31.2 Å². The summed E-state index contributed by atoms with van der Waals surface area (Å²) in [5.41, 5.74) is 3.65. The maximum Gasteiger partial charge on any atom is 0.161 e. The van der Waals surface area contributed by atoms with E-state index in [2.05, 4.69) is 37.4 Å². The van der Waals surface area contributed by atoms with E-state index in [0.29, 0.717) is 0 Å². The summed E-state index contributed by atoms with van der Waals surface area (Å²) in [6.45, 7) is 6.99. The van der Waals surface area contributed by atoms with Crippen molar-refractivity contribution < 1.29 is 9.47 Å². The van der Waals surface area contributed by atoms with Gasteiger partial charge in [-0.05, 0) is 56.2 Å². The summed E-state index contributed by atoms with van der Waals surface area (Å²) in [4.78, 5) is 0. The number of ether oxygens (including phenoxy) is 2. The molecule has 1 N–H and O–H groups in total. The van der Waals surface area contributed by atoms with Gasteiger partial charge in [-0.15, -0.1) is 0 Å². The standard InChI is InChI=1S/C18H23NO2/c1-13-9-14(2)11-16(10-13)19-12-15(3)21-18-8-6-5-7-17(18)20-4/h5-11,15,19H,12H2,1-4H3. The lowest BCUT2D eigenvalue weighted by Crippen LogP contribution is -2.23. The third kappa shape index (κ3) is 4.42. The molecule has 1 atom stereocenters. The molecule has 0 aliphatic rings. The van der Waals surface area contributed by atoms with Gasteiger partial charge in [0.2, 0.25) is 0 Å². The third-order valence-corrected chi connectivity index (χ3v) is 3.21. The van der Waals surface area contributed by atoms with Crippen LogP contribution < -0.4 is 14.8 Å². The van der Waals surface area contributed by atoms with Crippen molar-refractivity contribution in [1.82, 2.24) is 0 Å². The van der Waals surface area contributed by atoms with Gasteiger partial charge in [-0.25, -0.2) is 0 Å². The van der Waals surface area contributed by atoms with Gasteiger partial charge in [-0.3, -0.25) is 0 Å². The smallest absolute Gasteiger partial charge is 0.161 e. The Balaban J connectivity index is 1.94. The third-order valence-electron chi connectivity index (χ3n) is 3.21. The lowest BCUT2D eigenvalue weighted by atomic mass is 10.1. The number of methoxy groups -OCH3 is 1. The Bertz CT molecular complexity index is 575. The Hall–Kier alpha value is -2.16. The predicted octanol–water partition coefficient (Wildman–Crippen LogP) is 4.19. The number of benzene rings is 2. The van der Waals surface area contributed by atoms with Gasteiger partial charge in [0.25, 0.3) is 0 Å². The number of rotatable bonds is 6. The molecule has 21 heavy (non-hydrogen) atoms. The zero-order valence-electron chi connectivity index (χ0n) is 13.1. The molecule has 0 fully saturated rings. The Morgan fingerprint density at radius 1 is 1.00 bits per heavy atom. The van der Waals surface area contributed by atoms with Gasteiger partial charge in [-0.2, -0.15) is 0 Å². The molecule has 0 amide bonds. The SMILES string of the molecule is COc1ccccc1OC(C)CNc1cc(C)cc(C)c1. The number of para-hydroxylation sites is 2. The molecule has 2 rings (SSSR count). The highest BCUT2D eigenvalue weighted by Crippen LogP contribution is 2.26. The van der Waals surface area contributed by atoms with Crippen LogP contribution in [0, 0.1) is 13.8 Å². The van der Waals surface area contributed by atoms with E-state index in [4.69, 9.17) is 9.47 Å². The van der Waals surface area contributed by atoms with Crippen LogP contribution in [0.3, 0.4) is 0 Å². The van der Waals surface area contributed by atoms with Crippen LogP contribution in [0.1, 0.15) is 18.1 Å². The van der Waals surface area contributed by atoms with E-state index < -0.39 is 0 Å². The van der Waals surface area contributed by atoms with Crippen LogP contribution in [0.5, 0.6) is 11.5 Å². The molecule has 0 radical (unpaired) electrons. The molecule has 3 heteroatoms. The Morgan fingerprint density at radius 2 is 1.62 bits per heavy atom. The lowest BCUT2D eigenvalue weighted by molar-refractivity contribution is 0.223. The lowest BCUT2D eigenvalue weighted by Gasteiger charge is -2.18. The number of hydrogen-bond acceptors (Lipinski definition) is 3. The summed E-state index contributed by atoms with van der Waals surface area (Å²) in [5, 5.41) is 3.42. The maximum atomic E-state index is 5.93. The molecule has 112 valence electrons. The monoisotopic (exact) mass is 285 g/mol. The summed E-state index contributed by atoms with van der Waals surface area (Å²) in [7, 11) is 1.65. The molecule has 0 saturated heterocycles. The van der Waals surface area contributed by atoms with Crippen molar-refractivity contribution in [2.24, 2.45) is 0 Å². The molecule has 0 aliphatic heterocycles. The fourth-order valence-electron chi connectivity index (χ4n) is 2.31. The van der Waals surface area contributed by atoms with Crippen LogP contribution in [0.4, 0.5) is 5.69 Å². The topological polar surface area (TPSA) is 30.5 Å². The van der Waals surface area contributed by atoms with Crippen LogP contribution in [-0.2, 0) is 0 Å². The molecule has 0 heterocycles. The Kier molecular flexibility index (Phi) is 5.09. The highest BCUT2D eigenvalue weighted by molar-refractivity contribution is 5.48. The van der Waals surface area contributed by atoms with Gasteiger partial charge in [-0.1, -0.05) is 18.2 Å². The van der Waals surface area contributed by atoms with Crippen molar-refractivity contribution in [3.05, 3.63) is 53.6 Å². The first kappa shape index (κ1) is 15.2. The highest BCUT2D eigenvalue weighted by atomic mass is 16.5. The van der Waals surface area contributed by atoms with E-state index in [0.717, 1.165) is 23.7 Å². The minimum atomic E-state index is 0.0436. The van der Waals surface area contributed by atoms with E-state index in [1.54, 1.807) is 7.11 Å². The van der Waals surface area contributed by atoms with Crippen LogP contribution in [-0.4, -0.2) is 19.8 Å². The van der Waals surface area contributed by atoms with Gasteiger partial charge in [0.15, 0.2) is 11.5 Å². The molecule has 0 spiro atoms. The normalized spacial score (nSPS) is 11.8. The molecule has 0 aromatic heterocycles. The Morgan fingerprint density at radius 3 is 2.24 bits per heavy atom. The largest absolute Gasteiger partial charge is 0.493 e. The summed E-state index contributed by atoms with van der Waals surface area (Å²) < 4.78 is 11.2. The number of anilines is 1. The highest BCUT2D eigenvalue weighted by Gasteiger charge is 2.08. The van der Waals surface area contributed by atoms with Crippen LogP contribution in [0.25, 0.3) is 0 Å². The van der Waals surface area contributed by atoms with Crippen molar-refractivity contribution in [2.75, 3.05) is 19.0 Å². The van der Waals surface area contributed by atoms with Crippen molar-refractivity contribution in [3.63, 3.8) is 0 Å². The van der Waals surface area contributed by atoms with E-state index in [9.17, 15) is 0 Å². The van der Waals surface area contributed by atoms with E-state index >= 15 is 0 Å². The summed E-state index contributed by atoms with van der Waals surface area (Å²) in [6.07, 6.45) is 0.0436. The first-order valence-electron chi connectivity index (χ1n) is 7.20. The van der Waals surface area contributed by atoms with Crippen molar-refractivity contribution in [1.29, 1.82) is 0 Å². The average molecular weight is 285 g/mol. The first-order chi connectivity index (χ1) is 10.1. The maximum absolute atomic E-state index is 5.93. The van der Waals surface area contributed by atoms with Gasteiger partial charge in [0, 0.05) is 5.69 Å². The minimum Gasteiger partial charge on any atom is -0.493 e. The van der Waals surface area contributed by atoms with Gasteiger partial charge >= 0.3 is 0 Å². The van der Waals surface area contributed by atoms with Crippen LogP contribution in [0.2, 0.25) is 0 Å². The second kappa shape index (κ2) is 7.02. The summed E-state index contributed by atoms with van der Waals surface area (Å²) >= 11 is 0. The van der Waals surface area contributed by atoms with Gasteiger partial charge in [0.05, 0.1) is 13.7 Å². The molecular formula is C18H23NO2. The van der Waals surface area contributed by atoms with Gasteiger partial charge < -0.3 is 14.8 Å². The minimum absolute atomic E-state index is 0.0436. The molecule has 0 bridgehead atoms. The molecule has 3 nitrogen and oxygen atoms in total. The molecule has 2 aromatic rings. The first-order valence-corrected chi connectivity index (χ1v) is 7.20. The van der Waals surface area contributed by atoms with E-state index in [-0.39, 0.29) is 6.10 Å². The molecule has 1 unspecified atom stereocenters.